The van der Waals surface area contributed by atoms with E-state index < -0.39 is 10.8 Å². The lowest BCUT2D eigenvalue weighted by Crippen LogP contribution is -2.47. The summed E-state index contributed by atoms with van der Waals surface area (Å²) in [6.07, 6.45) is 4.90. The molecular formula is C19H31N3O2S. The fourth-order valence-electron chi connectivity index (χ4n) is 3.12. The van der Waals surface area contributed by atoms with Crippen LogP contribution in [0, 0.1) is 5.41 Å². The molecule has 1 saturated carbocycles. The standard InChI is InChI=1S/C19H31N3O2S/c1-20-18(22-16-19(9-6-10-19)11-13-24-2)21-12-14-25(23)15-17-7-4-3-5-8-17/h3-5,7-8H,6,9-16H2,1-2H3,(H2,20,21,22). The number of benzene rings is 1. The van der Waals surface area contributed by atoms with Crippen molar-refractivity contribution in [3.05, 3.63) is 35.9 Å². The van der Waals surface area contributed by atoms with E-state index in [0.717, 1.165) is 31.1 Å². The molecule has 1 aromatic rings. The van der Waals surface area contributed by atoms with E-state index in [-0.39, 0.29) is 0 Å². The van der Waals surface area contributed by atoms with Crippen LogP contribution in [-0.2, 0) is 21.3 Å². The Hall–Kier alpha value is -1.40. The normalized spacial score (nSPS) is 17.6. The van der Waals surface area contributed by atoms with Gasteiger partial charge < -0.3 is 15.4 Å². The van der Waals surface area contributed by atoms with Gasteiger partial charge in [0, 0.05) is 56.2 Å². The van der Waals surface area contributed by atoms with Gasteiger partial charge in [-0.2, -0.15) is 0 Å². The lowest BCUT2D eigenvalue weighted by atomic mass is 9.67. The molecule has 1 fully saturated rings. The quantitative estimate of drug-likeness (QED) is 0.493. The van der Waals surface area contributed by atoms with E-state index >= 15 is 0 Å². The van der Waals surface area contributed by atoms with E-state index in [1.54, 1.807) is 14.2 Å². The molecule has 1 atom stereocenters. The predicted molar refractivity (Wildman–Crippen MR) is 105 cm³/mol. The summed E-state index contributed by atoms with van der Waals surface area (Å²) < 4.78 is 17.4. The molecule has 6 heteroatoms. The third-order valence-electron chi connectivity index (χ3n) is 4.90. The lowest BCUT2D eigenvalue weighted by molar-refractivity contribution is 0.0733. The van der Waals surface area contributed by atoms with Gasteiger partial charge in [0.15, 0.2) is 5.96 Å². The van der Waals surface area contributed by atoms with Crippen LogP contribution in [0.3, 0.4) is 0 Å². The van der Waals surface area contributed by atoms with E-state index in [1.165, 1.54) is 19.3 Å². The minimum Gasteiger partial charge on any atom is -0.385 e. The van der Waals surface area contributed by atoms with Crippen molar-refractivity contribution < 1.29 is 8.95 Å². The SMILES string of the molecule is CN=C(NCCS(=O)Cc1ccccc1)NCC1(CCOC)CCC1. The van der Waals surface area contributed by atoms with Crippen LogP contribution in [0.2, 0.25) is 0 Å². The highest BCUT2D eigenvalue weighted by Crippen LogP contribution is 2.43. The summed E-state index contributed by atoms with van der Waals surface area (Å²) in [7, 11) is 2.67. The molecule has 1 aliphatic rings. The second kappa shape index (κ2) is 10.6. The third kappa shape index (κ3) is 6.78. The van der Waals surface area contributed by atoms with Crippen LogP contribution in [0.25, 0.3) is 0 Å². The Morgan fingerprint density at radius 1 is 1.28 bits per heavy atom. The maximum atomic E-state index is 12.2. The molecule has 0 heterocycles. The van der Waals surface area contributed by atoms with Crippen LogP contribution in [0.1, 0.15) is 31.2 Å². The van der Waals surface area contributed by atoms with Gasteiger partial charge in [-0.1, -0.05) is 36.8 Å². The minimum absolute atomic E-state index is 0.351. The van der Waals surface area contributed by atoms with Crippen molar-refractivity contribution in [2.75, 3.05) is 39.6 Å². The molecule has 2 N–H and O–H groups in total. The van der Waals surface area contributed by atoms with Crippen molar-refractivity contribution in [2.24, 2.45) is 10.4 Å². The number of rotatable bonds is 10. The Bertz CT molecular complexity index is 559. The average molecular weight is 366 g/mol. The summed E-state index contributed by atoms with van der Waals surface area (Å²) >= 11 is 0. The zero-order valence-electron chi connectivity index (χ0n) is 15.4. The molecule has 25 heavy (non-hydrogen) atoms. The minimum atomic E-state index is -0.867. The first kappa shape index (κ1) is 19.9. The summed E-state index contributed by atoms with van der Waals surface area (Å²) in [4.78, 5) is 4.27. The topological polar surface area (TPSA) is 62.7 Å². The van der Waals surface area contributed by atoms with Crippen LogP contribution in [0.15, 0.2) is 35.3 Å². The lowest BCUT2D eigenvalue weighted by Gasteiger charge is -2.42. The van der Waals surface area contributed by atoms with Crippen molar-refractivity contribution in [3.63, 3.8) is 0 Å². The molecule has 140 valence electrons. The maximum Gasteiger partial charge on any atom is 0.191 e. The average Bonchev–Trinajstić information content (AvgIpc) is 2.59. The number of hydrogen-bond donors (Lipinski definition) is 2. The van der Waals surface area contributed by atoms with Crippen LogP contribution >= 0.6 is 0 Å². The molecule has 0 bridgehead atoms. The Balaban J connectivity index is 1.67. The summed E-state index contributed by atoms with van der Waals surface area (Å²) in [5.41, 5.74) is 1.47. The molecule has 2 rings (SSSR count). The molecule has 0 radical (unpaired) electrons. The Labute approximate surface area is 154 Å². The van der Waals surface area contributed by atoms with Crippen molar-refractivity contribution in [3.8, 4) is 0 Å². The highest BCUT2D eigenvalue weighted by Gasteiger charge is 2.36. The number of nitrogens with zero attached hydrogens (tertiary/aromatic N) is 1. The zero-order valence-corrected chi connectivity index (χ0v) is 16.2. The first-order valence-electron chi connectivity index (χ1n) is 9.00. The van der Waals surface area contributed by atoms with Gasteiger partial charge >= 0.3 is 0 Å². The molecule has 1 aliphatic carbocycles. The smallest absolute Gasteiger partial charge is 0.191 e. The molecule has 0 saturated heterocycles. The molecule has 1 unspecified atom stereocenters. The van der Waals surface area contributed by atoms with Gasteiger partial charge in [0.1, 0.15) is 0 Å². The summed E-state index contributed by atoms with van der Waals surface area (Å²) in [5, 5.41) is 6.71. The van der Waals surface area contributed by atoms with Gasteiger partial charge in [-0.05, 0) is 30.2 Å². The number of aliphatic imine (C=N–C) groups is 1. The Morgan fingerprint density at radius 3 is 2.64 bits per heavy atom. The predicted octanol–water partition coefficient (Wildman–Crippen LogP) is 2.31. The van der Waals surface area contributed by atoms with Crippen molar-refractivity contribution in [2.45, 2.75) is 31.4 Å². The van der Waals surface area contributed by atoms with E-state index in [0.29, 0.717) is 23.5 Å². The fraction of sp³-hybridized carbons (Fsp3) is 0.632. The Morgan fingerprint density at radius 2 is 2.04 bits per heavy atom. The van der Waals surface area contributed by atoms with Gasteiger partial charge in [0.05, 0.1) is 0 Å². The molecule has 1 aromatic carbocycles. The van der Waals surface area contributed by atoms with Crippen molar-refractivity contribution in [1.29, 1.82) is 0 Å². The zero-order chi connectivity index (χ0) is 18.0. The first-order chi connectivity index (χ1) is 12.2. The van der Waals surface area contributed by atoms with Crippen molar-refractivity contribution >= 4 is 16.8 Å². The monoisotopic (exact) mass is 365 g/mol. The van der Waals surface area contributed by atoms with Crippen LogP contribution in [-0.4, -0.2) is 49.8 Å². The van der Waals surface area contributed by atoms with Crippen LogP contribution in [0.5, 0.6) is 0 Å². The second-order valence-electron chi connectivity index (χ2n) is 6.72. The highest BCUT2D eigenvalue weighted by atomic mass is 32.2. The number of hydrogen-bond acceptors (Lipinski definition) is 3. The van der Waals surface area contributed by atoms with E-state index in [1.807, 2.05) is 30.3 Å². The molecule has 0 aliphatic heterocycles. The molecular weight excluding hydrogens is 334 g/mol. The summed E-state index contributed by atoms with van der Waals surface area (Å²) in [6, 6.07) is 9.98. The number of guanidine groups is 1. The van der Waals surface area contributed by atoms with Gasteiger partial charge in [0.25, 0.3) is 0 Å². The molecule has 0 amide bonds. The largest absolute Gasteiger partial charge is 0.385 e. The van der Waals surface area contributed by atoms with E-state index in [9.17, 15) is 4.21 Å². The number of ether oxygens (including phenoxy) is 1. The van der Waals surface area contributed by atoms with Crippen LogP contribution in [0.4, 0.5) is 0 Å². The second-order valence-corrected chi connectivity index (χ2v) is 8.30. The summed E-state index contributed by atoms with van der Waals surface area (Å²) in [6.45, 7) is 2.39. The molecule has 0 aromatic heterocycles. The van der Waals surface area contributed by atoms with Gasteiger partial charge in [-0.25, -0.2) is 0 Å². The van der Waals surface area contributed by atoms with Gasteiger partial charge in [-0.3, -0.25) is 9.20 Å². The maximum absolute atomic E-state index is 12.2. The molecule has 0 spiro atoms. The van der Waals surface area contributed by atoms with Crippen LogP contribution < -0.4 is 10.6 Å². The van der Waals surface area contributed by atoms with Crippen molar-refractivity contribution in [1.82, 2.24) is 10.6 Å². The van der Waals surface area contributed by atoms with Gasteiger partial charge in [0.2, 0.25) is 0 Å². The fourth-order valence-corrected chi connectivity index (χ4v) is 4.16. The Kier molecular flexibility index (Phi) is 8.41. The van der Waals surface area contributed by atoms with E-state index in [2.05, 4.69) is 15.6 Å². The third-order valence-corrected chi connectivity index (χ3v) is 6.21. The van der Waals surface area contributed by atoms with E-state index in [4.69, 9.17) is 4.74 Å². The van der Waals surface area contributed by atoms with Gasteiger partial charge in [-0.15, -0.1) is 0 Å². The first-order valence-corrected chi connectivity index (χ1v) is 10.5. The number of methoxy groups -OCH3 is 1. The number of nitrogens with one attached hydrogen (secondary N) is 2. The highest BCUT2D eigenvalue weighted by molar-refractivity contribution is 7.84. The molecule has 5 nitrogen and oxygen atoms in total. The summed E-state index contributed by atoms with van der Waals surface area (Å²) in [5.74, 6) is 2.01.